The zero-order valence-corrected chi connectivity index (χ0v) is 10.8. The summed E-state index contributed by atoms with van der Waals surface area (Å²) in [6.07, 6.45) is 5.40. The molecule has 0 fully saturated rings. The van der Waals surface area contributed by atoms with Crippen molar-refractivity contribution >= 4 is 5.97 Å². The molecule has 0 aromatic carbocycles. The Morgan fingerprint density at radius 3 is 2.31 bits per heavy atom. The van der Waals surface area contributed by atoms with Crippen LogP contribution in [0.2, 0.25) is 0 Å². The molecule has 0 aromatic rings. The van der Waals surface area contributed by atoms with Crippen LogP contribution < -0.4 is 0 Å². The van der Waals surface area contributed by atoms with E-state index in [2.05, 4.69) is 19.2 Å². The zero-order valence-electron chi connectivity index (χ0n) is 10.8. The van der Waals surface area contributed by atoms with Crippen molar-refractivity contribution in [3.8, 4) is 0 Å². The molecule has 0 rings (SSSR count). The van der Waals surface area contributed by atoms with Gasteiger partial charge in [-0.1, -0.05) is 24.8 Å². The maximum atomic E-state index is 11.4. The number of carbonyl (C=O) groups excluding carboxylic acids is 1. The molecule has 2 heteroatoms. The fourth-order valence-corrected chi connectivity index (χ4v) is 1.14. The highest BCUT2D eigenvalue weighted by Crippen LogP contribution is 2.21. The van der Waals surface area contributed by atoms with Crippen molar-refractivity contribution in [2.24, 2.45) is 0 Å². The number of carbonyl (C=O) groups is 1. The SMILES string of the molecule is C=CC(C)(CCC=C(C)C)OC(=O)C(=C)C. The van der Waals surface area contributed by atoms with Crippen molar-refractivity contribution in [2.45, 2.75) is 46.1 Å². The molecule has 0 radical (unpaired) electrons. The maximum Gasteiger partial charge on any atom is 0.333 e. The van der Waals surface area contributed by atoms with Crippen LogP contribution in [0.5, 0.6) is 0 Å². The third kappa shape index (κ3) is 5.54. The van der Waals surface area contributed by atoms with E-state index in [1.807, 2.05) is 20.8 Å². The minimum absolute atomic E-state index is 0.361. The van der Waals surface area contributed by atoms with E-state index < -0.39 is 5.60 Å². The summed E-state index contributed by atoms with van der Waals surface area (Å²) in [5.74, 6) is -0.361. The van der Waals surface area contributed by atoms with Gasteiger partial charge in [-0.25, -0.2) is 4.79 Å². The number of hydrogen-bond donors (Lipinski definition) is 0. The van der Waals surface area contributed by atoms with Gasteiger partial charge in [0.2, 0.25) is 0 Å². The monoisotopic (exact) mass is 222 g/mol. The molecule has 0 N–H and O–H groups in total. The summed E-state index contributed by atoms with van der Waals surface area (Å²) in [5.41, 5.74) is 1.06. The van der Waals surface area contributed by atoms with Gasteiger partial charge in [0.1, 0.15) is 5.60 Å². The maximum absolute atomic E-state index is 11.4. The van der Waals surface area contributed by atoms with Crippen molar-refractivity contribution < 1.29 is 9.53 Å². The van der Waals surface area contributed by atoms with E-state index in [4.69, 9.17) is 4.74 Å². The minimum atomic E-state index is -0.609. The van der Waals surface area contributed by atoms with Gasteiger partial charge in [-0.15, -0.1) is 0 Å². The number of allylic oxidation sites excluding steroid dienone is 2. The molecule has 0 aliphatic carbocycles. The highest BCUT2D eigenvalue weighted by molar-refractivity contribution is 5.87. The van der Waals surface area contributed by atoms with E-state index in [9.17, 15) is 4.79 Å². The molecule has 0 spiro atoms. The number of ether oxygens (including phenoxy) is 1. The third-order valence-corrected chi connectivity index (χ3v) is 2.30. The van der Waals surface area contributed by atoms with Gasteiger partial charge in [0.15, 0.2) is 0 Å². The smallest absolute Gasteiger partial charge is 0.333 e. The Balaban J connectivity index is 4.42. The van der Waals surface area contributed by atoms with Crippen LogP contribution in [-0.4, -0.2) is 11.6 Å². The summed E-state index contributed by atoms with van der Waals surface area (Å²) in [7, 11) is 0. The Bertz CT molecular complexity index is 309. The Morgan fingerprint density at radius 2 is 1.94 bits per heavy atom. The van der Waals surface area contributed by atoms with Gasteiger partial charge in [-0.2, -0.15) is 0 Å². The van der Waals surface area contributed by atoms with E-state index in [0.717, 1.165) is 12.8 Å². The third-order valence-electron chi connectivity index (χ3n) is 2.30. The normalized spacial score (nSPS) is 13.5. The second-order valence-electron chi connectivity index (χ2n) is 4.51. The van der Waals surface area contributed by atoms with E-state index >= 15 is 0 Å². The van der Waals surface area contributed by atoms with Crippen LogP contribution in [-0.2, 0) is 9.53 Å². The van der Waals surface area contributed by atoms with Crippen LogP contribution in [0.25, 0.3) is 0 Å². The average molecular weight is 222 g/mol. The molecule has 0 heterocycles. The van der Waals surface area contributed by atoms with Gasteiger partial charge >= 0.3 is 5.97 Å². The largest absolute Gasteiger partial charge is 0.452 e. The lowest BCUT2D eigenvalue weighted by atomic mass is 9.99. The quantitative estimate of drug-likeness (QED) is 0.388. The van der Waals surface area contributed by atoms with Crippen molar-refractivity contribution in [2.75, 3.05) is 0 Å². The lowest BCUT2D eigenvalue weighted by Gasteiger charge is -2.25. The molecule has 16 heavy (non-hydrogen) atoms. The van der Waals surface area contributed by atoms with E-state index in [0.29, 0.717) is 5.57 Å². The molecule has 0 amide bonds. The molecule has 90 valence electrons. The molecule has 1 unspecified atom stereocenters. The summed E-state index contributed by atoms with van der Waals surface area (Å²) in [5, 5.41) is 0. The second-order valence-corrected chi connectivity index (χ2v) is 4.51. The van der Waals surface area contributed by atoms with Crippen LogP contribution in [0.1, 0.15) is 40.5 Å². The topological polar surface area (TPSA) is 26.3 Å². The van der Waals surface area contributed by atoms with Crippen LogP contribution in [0, 0.1) is 0 Å². The molecular formula is C14H22O2. The van der Waals surface area contributed by atoms with E-state index in [-0.39, 0.29) is 5.97 Å². The Hall–Kier alpha value is -1.31. The second kappa shape index (κ2) is 6.31. The summed E-state index contributed by atoms with van der Waals surface area (Å²) in [4.78, 5) is 11.4. The fourth-order valence-electron chi connectivity index (χ4n) is 1.14. The number of rotatable bonds is 6. The molecule has 0 saturated heterocycles. The first-order chi connectivity index (χ1) is 7.30. The van der Waals surface area contributed by atoms with Gasteiger partial charge < -0.3 is 4.74 Å². The van der Waals surface area contributed by atoms with Gasteiger partial charge in [0, 0.05) is 5.57 Å². The first-order valence-corrected chi connectivity index (χ1v) is 5.46. The summed E-state index contributed by atoms with van der Waals surface area (Å²) >= 11 is 0. The molecular weight excluding hydrogens is 200 g/mol. The predicted molar refractivity (Wildman–Crippen MR) is 68.2 cm³/mol. The Labute approximate surface area is 98.7 Å². The van der Waals surface area contributed by atoms with Crippen LogP contribution in [0.3, 0.4) is 0 Å². The van der Waals surface area contributed by atoms with Crippen molar-refractivity contribution in [1.82, 2.24) is 0 Å². The summed E-state index contributed by atoms with van der Waals surface area (Å²) < 4.78 is 5.34. The van der Waals surface area contributed by atoms with E-state index in [1.54, 1.807) is 13.0 Å². The van der Waals surface area contributed by atoms with Crippen LogP contribution in [0.15, 0.2) is 36.5 Å². The number of hydrogen-bond acceptors (Lipinski definition) is 2. The zero-order chi connectivity index (χ0) is 12.8. The van der Waals surface area contributed by atoms with Crippen molar-refractivity contribution in [3.05, 3.63) is 36.5 Å². The first kappa shape index (κ1) is 14.7. The lowest BCUT2D eigenvalue weighted by molar-refractivity contribution is -0.149. The predicted octanol–water partition coefficient (Wildman–Crippen LogP) is 3.80. The van der Waals surface area contributed by atoms with Gasteiger partial charge in [0.05, 0.1) is 0 Å². The standard InChI is InChI=1S/C14H22O2/c1-7-14(6,10-8-9-11(2)3)16-13(15)12(4)5/h7,9H,1,4,8,10H2,2-3,5-6H3. The molecule has 0 aliphatic heterocycles. The highest BCUT2D eigenvalue weighted by Gasteiger charge is 2.24. The Kier molecular flexibility index (Phi) is 5.79. The molecule has 1 atom stereocenters. The van der Waals surface area contributed by atoms with E-state index in [1.165, 1.54) is 5.57 Å². The molecule has 2 nitrogen and oxygen atoms in total. The summed E-state index contributed by atoms with van der Waals surface area (Å²) in [6.45, 7) is 14.9. The highest BCUT2D eigenvalue weighted by atomic mass is 16.6. The van der Waals surface area contributed by atoms with Crippen molar-refractivity contribution in [1.29, 1.82) is 0 Å². The average Bonchev–Trinajstić information content (AvgIpc) is 2.16. The van der Waals surface area contributed by atoms with Crippen LogP contribution >= 0.6 is 0 Å². The van der Waals surface area contributed by atoms with Crippen LogP contribution in [0.4, 0.5) is 0 Å². The molecule has 0 saturated carbocycles. The van der Waals surface area contributed by atoms with Crippen molar-refractivity contribution in [3.63, 3.8) is 0 Å². The van der Waals surface area contributed by atoms with Gasteiger partial charge in [-0.3, -0.25) is 0 Å². The molecule has 0 aromatic heterocycles. The number of esters is 1. The fraction of sp³-hybridized carbons (Fsp3) is 0.500. The molecule has 0 aliphatic rings. The molecule has 0 bridgehead atoms. The van der Waals surface area contributed by atoms with Gasteiger partial charge in [-0.05, 0) is 46.6 Å². The van der Waals surface area contributed by atoms with Gasteiger partial charge in [0.25, 0.3) is 0 Å². The first-order valence-electron chi connectivity index (χ1n) is 5.46. The summed E-state index contributed by atoms with van der Waals surface area (Å²) in [6, 6.07) is 0. The Morgan fingerprint density at radius 1 is 1.38 bits per heavy atom. The minimum Gasteiger partial charge on any atom is -0.452 e. The lowest BCUT2D eigenvalue weighted by Crippen LogP contribution is -2.29.